The molecule has 1 aliphatic heterocycles. The summed E-state index contributed by atoms with van der Waals surface area (Å²) in [7, 11) is -1.69. The van der Waals surface area contributed by atoms with Crippen LogP contribution in [0.1, 0.15) is 75.2 Å². The van der Waals surface area contributed by atoms with Gasteiger partial charge in [-0.2, -0.15) is 0 Å². The molecule has 0 aromatic heterocycles. The lowest BCUT2D eigenvalue weighted by Crippen LogP contribution is -2.43. The molecular weight excluding hydrogens is 288 g/mol. The fourth-order valence-electron chi connectivity index (χ4n) is 4.32. The van der Waals surface area contributed by atoms with Crippen molar-refractivity contribution >= 4 is 14.0 Å². The molecule has 1 saturated heterocycles. The number of carbonyl (C=O) groups is 1. The minimum absolute atomic E-state index is 0.0862. The molecule has 1 fully saturated rings. The summed E-state index contributed by atoms with van der Waals surface area (Å²) in [6.07, 6.45) is 1.41. The normalized spacial score (nSPS) is 24.6. The van der Waals surface area contributed by atoms with E-state index >= 15 is 0 Å². The maximum absolute atomic E-state index is 11.9. The van der Waals surface area contributed by atoms with Gasteiger partial charge in [0.1, 0.15) is 13.7 Å². The highest BCUT2D eigenvalue weighted by Gasteiger charge is 2.48. The Morgan fingerprint density at radius 2 is 1.50 bits per heavy atom. The number of rotatable bonds is 4. The van der Waals surface area contributed by atoms with Crippen LogP contribution in [0.2, 0.25) is 16.6 Å². The Balaban J connectivity index is 3.00. The van der Waals surface area contributed by atoms with Gasteiger partial charge in [-0.1, -0.05) is 41.5 Å². The Morgan fingerprint density at radius 1 is 1.05 bits per heavy atom. The quantitative estimate of drug-likeness (QED) is 0.397. The smallest absolute Gasteiger partial charge is 0.312 e. The first kappa shape index (κ1) is 19.3. The molecule has 0 N–H and O–H groups in total. The zero-order valence-corrected chi connectivity index (χ0v) is 17.0. The number of hydrogen-bond acceptors (Lipinski definition) is 2. The second-order valence-electron chi connectivity index (χ2n) is 8.78. The van der Waals surface area contributed by atoms with Crippen molar-refractivity contribution in [1.82, 2.24) is 0 Å². The van der Waals surface area contributed by atoms with Crippen molar-refractivity contribution in [2.24, 2.45) is 5.41 Å². The number of cyclic esters (lactones) is 1. The summed E-state index contributed by atoms with van der Waals surface area (Å²) < 4.78 is 5.63. The molecule has 0 aromatic rings. The molecule has 0 spiro atoms. The second kappa shape index (κ2) is 6.39. The lowest BCUT2D eigenvalue weighted by atomic mass is 9.83. The molecule has 1 heterocycles. The monoisotopic (exact) mass is 322 g/mol. The SMILES string of the molecule is CC(C)[Si](C#CCC1(C)CC(C)(C)C(=O)O1)(C(C)C)C(C)C. The van der Waals surface area contributed by atoms with Crippen LogP contribution < -0.4 is 0 Å². The van der Waals surface area contributed by atoms with E-state index < -0.39 is 13.7 Å². The molecule has 0 saturated carbocycles. The van der Waals surface area contributed by atoms with Crippen molar-refractivity contribution in [3.05, 3.63) is 0 Å². The van der Waals surface area contributed by atoms with Crippen LogP contribution in [0.3, 0.4) is 0 Å². The van der Waals surface area contributed by atoms with Gasteiger partial charge in [-0.15, -0.1) is 11.5 Å². The lowest BCUT2D eigenvalue weighted by Gasteiger charge is -2.38. The van der Waals surface area contributed by atoms with Crippen LogP contribution in [0.25, 0.3) is 0 Å². The van der Waals surface area contributed by atoms with Gasteiger partial charge in [0.05, 0.1) is 5.41 Å². The summed E-state index contributed by atoms with van der Waals surface area (Å²) in [6.45, 7) is 19.9. The highest BCUT2D eigenvalue weighted by molar-refractivity contribution is 6.90. The summed E-state index contributed by atoms with van der Waals surface area (Å²) in [5.41, 5.74) is 4.83. The first-order valence-electron chi connectivity index (χ1n) is 8.61. The number of esters is 1. The van der Waals surface area contributed by atoms with E-state index in [1.54, 1.807) is 0 Å². The molecule has 0 aromatic carbocycles. The molecule has 1 rings (SSSR count). The fourth-order valence-corrected chi connectivity index (χ4v) is 9.58. The third-order valence-electron chi connectivity index (χ3n) is 5.34. The number of carbonyl (C=O) groups excluding carboxylic acids is 1. The van der Waals surface area contributed by atoms with Crippen LogP contribution in [-0.2, 0) is 9.53 Å². The molecule has 126 valence electrons. The highest BCUT2D eigenvalue weighted by atomic mass is 28.3. The molecule has 1 atom stereocenters. The van der Waals surface area contributed by atoms with E-state index in [0.717, 1.165) is 6.42 Å². The molecule has 3 heteroatoms. The molecule has 1 aliphatic rings. The molecule has 2 nitrogen and oxygen atoms in total. The first-order valence-corrected chi connectivity index (χ1v) is 10.8. The number of hydrogen-bond donors (Lipinski definition) is 0. The molecule has 0 bridgehead atoms. The van der Waals surface area contributed by atoms with Crippen LogP contribution in [0, 0.1) is 16.9 Å². The molecule has 0 amide bonds. The Morgan fingerprint density at radius 3 is 1.82 bits per heavy atom. The van der Waals surface area contributed by atoms with Crippen LogP contribution in [-0.4, -0.2) is 19.6 Å². The van der Waals surface area contributed by atoms with E-state index in [0.29, 0.717) is 23.0 Å². The van der Waals surface area contributed by atoms with Crippen LogP contribution in [0.15, 0.2) is 0 Å². The predicted octanol–water partition coefficient (Wildman–Crippen LogP) is 5.33. The van der Waals surface area contributed by atoms with Crippen molar-refractivity contribution in [2.45, 2.75) is 97.4 Å². The van der Waals surface area contributed by atoms with Gasteiger partial charge in [-0.25, -0.2) is 0 Å². The molecule has 22 heavy (non-hydrogen) atoms. The second-order valence-corrected chi connectivity index (χ2v) is 14.4. The zero-order chi connectivity index (χ0) is 17.3. The minimum Gasteiger partial charge on any atom is -0.458 e. The average molecular weight is 323 g/mol. The van der Waals surface area contributed by atoms with Gasteiger partial charge >= 0.3 is 5.97 Å². The largest absolute Gasteiger partial charge is 0.458 e. The summed E-state index contributed by atoms with van der Waals surface area (Å²) in [5, 5.41) is 0. The summed E-state index contributed by atoms with van der Waals surface area (Å²) >= 11 is 0. The van der Waals surface area contributed by atoms with Gasteiger partial charge in [0.25, 0.3) is 0 Å². The van der Waals surface area contributed by atoms with Crippen molar-refractivity contribution in [1.29, 1.82) is 0 Å². The van der Waals surface area contributed by atoms with Crippen molar-refractivity contribution in [3.8, 4) is 11.5 Å². The Bertz CT molecular complexity index is 458. The van der Waals surface area contributed by atoms with Gasteiger partial charge in [0, 0.05) is 12.8 Å². The van der Waals surface area contributed by atoms with E-state index in [1.807, 2.05) is 20.8 Å². The van der Waals surface area contributed by atoms with Crippen LogP contribution >= 0.6 is 0 Å². The van der Waals surface area contributed by atoms with E-state index in [1.165, 1.54) is 0 Å². The zero-order valence-electron chi connectivity index (χ0n) is 16.0. The van der Waals surface area contributed by atoms with E-state index in [4.69, 9.17) is 4.74 Å². The molecule has 1 unspecified atom stereocenters. The van der Waals surface area contributed by atoms with E-state index in [-0.39, 0.29) is 11.4 Å². The maximum atomic E-state index is 11.9. The Labute approximate surface area is 138 Å². The molecule has 0 radical (unpaired) electrons. The van der Waals surface area contributed by atoms with Gasteiger partial charge in [0.15, 0.2) is 0 Å². The van der Waals surface area contributed by atoms with Gasteiger partial charge in [-0.3, -0.25) is 4.79 Å². The topological polar surface area (TPSA) is 26.3 Å². The first-order chi connectivity index (χ1) is 9.87. The maximum Gasteiger partial charge on any atom is 0.312 e. The minimum atomic E-state index is -1.69. The number of ether oxygens (including phenoxy) is 1. The Kier molecular flexibility index (Phi) is 5.61. The van der Waals surface area contributed by atoms with Crippen molar-refractivity contribution < 1.29 is 9.53 Å². The van der Waals surface area contributed by atoms with Crippen LogP contribution in [0.5, 0.6) is 0 Å². The predicted molar refractivity (Wildman–Crippen MR) is 96.3 cm³/mol. The van der Waals surface area contributed by atoms with Crippen molar-refractivity contribution in [3.63, 3.8) is 0 Å². The third-order valence-corrected chi connectivity index (χ3v) is 11.7. The summed E-state index contributed by atoms with van der Waals surface area (Å²) in [6, 6.07) is 0. The van der Waals surface area contributed by atoms with Gasteiger partial charge in [-0.05, 0) is 37.4 Å². The Hall–Kier alpha value is -0.753. The van der Waals surface area contributed by atoms with E-state index in [2.05, 4.69) is 53.0 Å². The van der Waals surface area contributed by atoms with Gasteiger partial charge < -0.3 is 4.74 Å². The molecular formula is C19H34O2Si. The molecule has 0 aliphatic carbocycles. The van der Waals surface area contributed by atoms with Crippen molar-refractivity contribution in [2.75, 3.05) is 0 Å². The van der Waals surface area contributed by atoms with Gasteiger partial charge in [0.2, 0.25) is 0 Å². The third kappa shape index (κ3) is 3.59. The van der Waals surface area contributed by atoms with E-state index in [9.17, 15) is 4.79 Å². The van der Waals surface area contributed by atoms with Crippen LogP contribution in [0.4, 0.5) is 0 Å². The standard InChI is InChI=1S/C19H34O2Si/c1-14(2)22(15(3)4,16(5)6)12-10-11-19(9)13-18(7,8)17(20)21-19/h14-16H,11,13H2,1-9H3. The summed E-state index contributed by atoms with van der Waals surface area (Å²) in [5.74, 6) is 3.36. The summed E-state index contributed by atoms with van der Waals surface area (Å²) in [4.78, 5) is 11.9. The average Bonchev–Trinajstić information content (AvgIpc) is 2.52. The lowest BCUT2D eigenvalue weighted by molar-refractivity contribution is -0.151. The highest BCUT2D eigenvalue weighted by Crippen LogP contribution is 2.43. The fraction of sp³-hybridized carbons (Fsp3) is 0.842.